The van der Waals surface area contributed by atoms with Gasteiger partial charge in [0.2, 0.25) is 5.91 Å². The molecule has 19 heavy (non-hydrogen) atoms. The third-order valence-corrected chi connectivity index (χ3v) is 2.76. The summed E-state index contributed by atoms with van der Waals surface area (Å²) >= 11 is 0. The van der Waals surface area contributed by atoms with E-state index < -0.39 is 5.97 Å². The number of amides is 1. The fourth-order valence-electron chi connectivity index (χ4n) is 1.65. The summed E-state index contributed by atoms with van der Waals surface area (Å²) in [7, 11) is 2.84. The van der Waals surface area contributed by atoms with Gasteiger partial charge in [-0.05, 0) is 18.1 Å². The predicted molar refractivity (Wildman–Crippen MR) is 70.9 cm³/mol. The Bertz CT molecular complexity index is 457. The first-order valence-corrected chi connectivity index (χ1v) is 6.10. The molecule has 0 aliphatic heterocycles. The van der Waals surface area contributed by atoms with Crippen molar-refractivity contribution in [2.75, 3.05) is 14.2 Å². The minimum atomic E-state index is -0.549. The Morgan fingerprint density at radius 3 is 2.58 bits per heavy atom. The second kappa shape index (κ2) is 7.41. The molecule has 5 heteroatoms. The van der Waals surface area contributed by atoms with Gasteiger partial charge in [-0.1, -0.05) is 19.1 Å². The van der Waals surface area contributed by atoms with Gasteiger partial charge >= 0.3 is 5.97 Å². The Morgan fingerprint density at radius 1 is 1.26 bits per heavy atom. The molecular weight excluding hydrogens is 246 g/mol. The van der Waals surface area contributed by atoms with Gasteiger partial charge < -0.3 is 14.8 Å². The van der Waals surface area contributed by atoms with Crippen LogP contribution in [0.2, 0.25) is 0 Å². The maximum absolute atomic E-state index is 11.5. The van der Waals surface area contributed by atoms with E-state index in [1.165, 1.54) is 7.11 Å². The molecule has 1 rings (SSSR count). The minimum Gasteiger partial charge on any atom is -0.496 e. The van der Waals surface area contributed by atoms with Crippen LogP contribution < -0.4 is 10.1 Å². The van der Waals surface area contributed by atoms with E-state index in [9.17, 15) is 9.59 Å². The number of aryl methyl sites for hydroxylation is 1. The SMILES string of the molecule is CCc1ccc(OC)c(CNC(=O)CC(=O)OC)c1. The second-order valence-corrected chi connectivity index (χ2v) is 4.03. The molecule has 5 nitrogen and oxygen atoms in total. The third kappa shape index (κ3) is 4.62. The minimum absolute atomic E-state index is 0.272. The van der Waals surface area contributed by atoms with Crippen LogP contribution in [0, 0.1) is 0 Å². The van der Waals surface area contributed by atoms with Crippen molar-refractivity contribution in [3.63, 3.8) is 0 Å². The molecule has 0 bridgehead atoms. The zero-order valence-corrected chi connectivity index (χ0v) is 11.5. The molecule has 0 aliphatic rings. The highest BCUT2D eigenvalue weighted by atomic mass is 16.5. The Morgan fingerprint density at radius 2 is 2.00 bits per heavy atom. The first-order chi connectivity index (χ1) is 9.10. The topological polar surface area (TPSA) is 64.6 Å². The van der Waals surface area contributed by atoms with E-state index in [4.69, 9.17) is 4.74 Å². The molecule has 0 aliphatic carbocycles. The molecule has 0 saturated carbocycles. The van der Waals surface area contributed by atoms with Crippen LogP contribution in [0.4, 0.5) is 0 Å². The van der Waals surface area contributed by atoms with Crippen molar-refractivity contribution >= 4 is 11.9 Å². The summed E-state index contributed by atoms with van der Waals surface area (Å²) in [6, 6.07) is 5.84. The molecule has 1 aromatic carbocycles. The van der Waals surface area contributed by atoms with Gasteiger partial charge in [-0.15, -0.1) is 0 Å². The molecule has 0 radical (unpaired) electrons. The summed E-state index contributed by atoms with van der Waals surface area (Å²) in [4.78, 5) is 22.4. The molecule has 1 amide bonds. The zero-order chi connectivity index (χ0) is 14.3. The lowest BCUT2D eigenvalue weighted by atomic mass is 10.1. The first-order valence-electron chi connectivity index (χ1n) is 6.10. The molecule has 0 unspecified atom stereocenters. The van der Waals surface area contributed by atoms with Crippen molar-refractivity contribution in [1.82, 2.24) is 5.32 Å². The lowest BCUT2D eigenvalue weighted by molar-refractivity contribution is -0.143. The molecular formula is C14H19NO4. The van der Waals surface area contributed by atoms with Crippen LogP contribution in [0.25, 0.3) is 0 Å². The van der Waals surface area contributed by atoms with Crippen molar-refractivity contribution in [2.45, 2.75) is 26.3 Å². The smallest absolute Gasteiger partial charge is 0.315 e. The molecule has 0 aromatic heterocycles. The Kier molecular flexibility index (Phi) is 5.85. The van der Waals surface area contributed by atoms with Crippen molar-refractivity contribution in [3.05, 3.63) is 29.3 Å². The fraction of sp³-hybridized carbons (Fsp3) is 0.429. The number of ether oxygens (including phenoxy) is 2. The van der Waals surface area contributed by atoms with Crippen LogP contribution in [-0.2, 0) is 27.3 Å². The summed E-state index contributed by atoms with van der Waals surface area (Å²) in [5.41, 5.74) is 2.05. The maximum Gasteiger partial charge on any atom is 0.315 e. The number of carbonyl (C=O) groups is 2. The summed E-state index contributed by atoms with van der Waals surface area (Å²) in [5.74, 6) is -0.196. The normalized spacial score (nSPS) is 9.84. The standard InChI is InChI=1S/C14H19NO4/c1-4-10-5-6-12(18-2)11(7-10)9-15-13(16)8-14(17)19-3/h5-7H,4,8-9H2,1-3H3,(H,15,16). The van der Waals surface area contributed by atoms with Gasteiger partial charge in [-0.2, -0.15) is 0 Å². The van der Waals surface area contributed by atoms with E-state index in [0.29, 0.717) is 6.54 Å². The molecule has 0 heterocycles. The predicted octanol–water partition coefficient (Wildman–Crippen LogP) is 1.44. The molecule has 1 aromatic rings. The molecule has 104 valence electrons. The molecule has 0 spiro atoms. The van der Waals surface area contributed by atoms with Crippen LogP contribution in [0.5, 0.6) is 5.75 Å². The number of benzene rings is 1. The van der Waals surface area contributed by atoms with Gasteiger partial charge in [0, 0.05) is 12.1 Å². The lowest BCUT2D eigenvalue weighted by Gasteiger charge is -2.11. The monoisotopic (exact) mass is 265 g/mol. The van der Waals surface area contributed by atoms with E-state index in [-0.39, 0.29) is 12.3 Å². The number of esters is 1. The Hall–Kier alpha value is -2.04. The van der Waals surface area contributed by atoms with E-state index in [1.54, 1.807) is 7.11 Å². The molecule has 0 atom stereocenters. The van der Waals surface area contributed by atoms with Crippen LogP contribution in [0.1, 0.15) is 24.5 Å². The summed E-state index contributed by atoms with van der Waals surface area (Å²) < 4.78 is 9.67. The number of nitrogens with one attached hydrogen (secondary N) is 1. The van der Waals surface area contributed by atoms with Crippen LogP contribution in [0.3, 0.4) is 0 Å². The van der Waals surface area contributed by atoms with E-state index >= 15 is 0 Å². The van der Waals surface area contributed by atoms with Gasteiger partial charge in [0.1, 0.15) is 12.2 Å². The second-order valence-electron chi connectivity index (χ2n) is 4.03. The highest BCUT2D eigenvalue weighted by molar-refractivity contribution is 5.94. The summed E-state index contributed by atoms with van der Waals surface area (Å²) in [6.07, 6.45) is 0.638. The maximum atomic E-state index is 11.5. The third-order valence-electron chi connectivity index (χ3n) is 2.76. The van der Waals surface area contributed by atoms with Crippen LogP contribution in [0.15, 0.2) is 18.2 Å². The quantitative estimate of drug-likeness (QED) is 0.624. The highest BCUT2D eigenvalue weighted by Crippen LogP contribution is 2.20. The average molecular weight is 265 g/mol. The van der Waals surface area contributed by atoms with E-state index in [1.807, 2.05) is 18.2 Å². The first kappa shape index (κ1) is 15.0. The molecule has 0 saturated heterocycles. The Labute approximate surface area is 112 Å². The lowest BCUT2D eigenvalue weighted by Crippen LogP contribution is -2.25. The zero-order valence-electron chi connectivity index (χ0n) is 11.5. The van der Waals surface area contributed by atoms with Gasteiger partial charge in [-0.3, -0.25) is 9.59 Å². The highest BCUT2D eigenvalue weighted by Gasteiger charge is 2.10. The van der Waals surface area contributed by atoms with Crippen LogP contribution >= 0.6 is 0 Å². The number of methoxy groups -OCH3 is 2. The van der Waals surface area contributed by atoms with Gasteiger partial charge in [0.25, 0.3) is 0 Å². The largest absolute Gasteiger partial charge is 0.496 e. The van der Waals surface area contributed by atoms with Gasteiger partial charge in [0.15, 0.2) is 0 Å². The van der Waals surface area contributed by atoms with E-state index in [0.717, 1.165) is 23.3 Å². The molecule has 1 N–H and O–H groups in total. The molecule has 0 fully saturated rings. The Balaban J connectivity index is 2.65. The van der Waals surface area contributed by atoms with Crippen molar-refractivity contribution in [3.8, 4) is 5.75 Å². The van der Waals surface area contributed by atoms with Crippen molar-refractivity contribution < 1.29 is 19.1 Å². The van der Waals surface area contributed by atoms with Gasteiger partial charge in [0.05, 0.1) is 14.2 Å². The van der Waals surface area contributed by atoms with Crippen molar-refractivity contribution in [1.29, 1.82) is 0 Å². The number of hydrogen-bond donors (Lipinski definition) is 1. The number of hydrogen-bond acceptors (Lipinski definition) is 4. The van der Waals surface area contributed by atoms with E-state index in [2.05, 4.69) is 17.0 Å². The van der Waals surface area contributed by atoms with Gasteiger partial charge in [-0.25, -0.2) is 0 Å². The summed E-state index contributed by atoms with van der Waals surface area (Å²) in [6.45, 7) is 2.38. The fourth-order valence-corrected chi connectivity index (χ4v) is 1.65. The average Bonchev–Trinajstić information content (AvgIpc) is 2.44. The summed E-state index contributed by atoms with van der Waals surface area (Å²) in [5, 5.41) is 2.67. The number of carbonyl (C=O) groups excluding carboxylic acids is 2. The van der Waals surface area contributed by atoms with Crippen molar-refractivity contribution in [2.24, 2.45) is 0 Å². The van der Waals surface area contributed by atoms with Crippen LogP contribution in [-0.4, -0.2) is 26.1 Å². The number of rotatable bonds is 6.